The SMILES string of the molecule is C=CCCC(=O)Nc1nccnc1Cl. The van der Waals surface area contributed by atoms with Crippen LogP contribution in [0, 0.1) is 0 Å². The van der Waals surface area contributed by atoms with Gasteiger partial charge in [-0.25, -0.2) is 9.97 Å². The van der Waals surface area contributed by atoms with Crippen molar-refractivity contribution in [2.24, 2.45) is 0 Å². The lowest BCUT2D eigenvalue weighted by Crippen LogP contribution is -2.12. The normalized spacial score (nSPS) is 9.50. The molecule has 0 unspecified atom stereocenters. The van der Waals surface area contributed by atoms with Gasteiger partial charge in [0.1, 0.15) is 0 Å². The van der Waals surface area contributed by atoms with Crippen LogP contribution in [0.15, 0.2) is 25.0 Å². The second-order valence-corrected chi connectivity index (χ2v) is 2.93. The second-order valence-electron chi connectivity index (χ2n) is 2.57. The van der Waals surface area contributed by atoms with E-state index in [1.165, 1.54) is 12.4 Å². The van der Waals surface area contributed by atoms with Crippen molar-refractivity contribution < 1.29 is 4.79 Å². The Morgan fingerprint density at radius 3 is 2.93 bits per heavy atom. The van der Waals surface area contributed by atoms with E-state index in [9.17, 15) is 4.79 Å². The van der Waals surface area contributed by atoms with Crippen molar-refractivity contribution in [3.63, 3.8) is 0 Å². The van der Waals surface area contributed by atoms with Crippen LogP contribution in [-0.4, -0.2) is 15.9 Å². The molecule has 4 nitrogen and oxygen atoms in total. The van der Waals surface area contributed by atoms with Gasteiger partial charge in [0.05, 0.1) is 0 Å². The van der Waals surface area contributed by atoms with Crippen LogP contribution in [-0.2, 0) is 4.79 Å². The molecule has 1 amide bonds. The first-order valence-corrected chi connectivity index (χ1v) is 4.49. The van der Waals surface area contributed by atoms with Gasteiger partial charge in [0, 0.05) is 18.8 Å². The lowest BCUT2D eigenvalue weighted by atomic mass is 10.3. The Morgan fingerprint density at radius 2 is 2.29 bits per heavy atom. The van der Waals surface area contributed by atoms with Gasteiger partial charge in [-0.1, -0.05) is 17.7 Å². The summed E-state index contributed by atoms with van der Waals surface area (Å²) < 4.78 is 0. The molecule has 0 spiro atoms. The second kappa shape index (κ2) is 5.34. The van der Waals surface area contributed by atoms with Gasteiger partial charge in [0.15, 0.2) is 11.0 Å². The minimum absolute atomic E-state index is 0.146. The minimum Gasteiger partial charge on any atom is -0.308 e. The Balaban J connectivity index is 2.56. The molecule has 0 aromatic carbocycles. The number of allylic oxidation sites excluding steroid dienone is 1. The molecule has 0 fully saturated rings. The first kappa shape index (κ1) is 10.7. The molecule has 14 heavy (non-hydrogen) atoms. The molecule has 1 heterocycles. The van der Waals surface area contributed by atoms with E-state index in [0.29, 0.717) is 18.7 Å². The van der Waals surface area contributed by atoms with E-state index in [4.69, 9.17) is 11.6 Å². The molecule has 1 N–H and O–H groups in total. The average Bonchev–Trinajstić information content (AvgIpc) is 2.18. The van der Waals surface area contributed by atoms with Gasteiger partial charge in [0.25, 0.3) is 0 Å². The van der Waals surface area contributed by atoms with E-state index in [2.05, 4.69) is 21.9 Å². The van der Waals surface area contributed by atoms with Crippen LogP contribution in [0.25, 0.3) is 0 Å². The summed E-state index contributed by atoms with van der Waals surface area (Å²) in [5, 5.41) is 2.75. The third-order valence-corrected chi connectivity index (χ3v) is 1.76. The predicted octanol–water partition coefficient (Wildman–Crippen LogP) is 2.03. The fourth-order valence-corrected chi connectivity index (χ4v) is 0.985. The van der Waals surface area contributed by atoms with Gasteiger partial charge in [-0.3, -0.25) is 4.79 Å². The van der Waals surface area contributed by atoms with E-state index in [1.54, 1.807) is 6.08 Å². The van der Waals surface area contributed by atoms with E-state index in [0.717, 1.165) is 0 Å². The number of nitrogens with one attached hydrogen (secondary N) is 1. The van der Waals surface area contributed by atoms with Crippen LogP contribution in [0.2, 0.25) is 5.15 Å². The first-order valence-electron chi connectivity index (χ1n) is 4.11. The monoisotopic (exact) mass is 211 g/mol. The summed E-state index contributed by atoms with van der Waals surface area (Å²) in [6, 6.07) is 0. The number of carbonyl (C=O) groups is 1. The summed E-state index contributed by atoms with van der Waals surface area (Å²) in [7, 11) is 0. The van der Waals surface area contributed by atoms with E-state index in [1.807, 2.05) is 0 Å². The number of carbonyl (C=O) groups excluding carboxylic acids is 1. The maximum Gasteiger partial charge on any atom is 0.225 e. The number of rotatable bonds is 4. The van der Waals surface area contributed by atoms with Crippen LogP contribution in [0.5, 0.6) is 0 Å². The van der Waals surface area contributed by atoms with Crippen molar-refractivity contribution in [3.05, 3.63) is 30.2 Å². The molecule has 0 aliphatic carbocycles. The largest absolute Gasteiger partial charge is 0.308 e. The zero-order valence-electron chi connectivity index (χ0n) is 7.53. The standard InChI is InChI=1S/C9H10ClN3O/c1-2-3-4-7(14)13-9-8(10)11-5-6-12-9/h2,5-6H,1,3-4H2,(H,12,13,14). The number of anilines is 1. The molecule has 5 heteroatoms. The molecule has 0 aliphatic rings. The summed E-state index contributed by atoms with van der Waals surface area (Å²) in [5.74, 6) is 0.149. The summed E-state index contributed by atoms with van der Waals surface area (Å²) in [5.41, 5.74) is 0. The summed E-state index contributed by atoms with van der Waals surface area (Å²) >= 11 is 5.69. The van der Waals surface area contributed by atoms with Gasteiger partial charge in [-0.2, -0.15) is 0 Å². The van der Waals surface area contributed by atoms with Gasteiger partial charge in [-0.15, -0.1) is 6.58 Å². The highest BCUT2D eigenvalue weighted by Gasteiger charge is 2.05. The predicted molar refractivity (Wildman–Crippen MR) is 55.1 cm³/mol. The first-order chi connectivity index (χ1) is 6.74. The molecule has 0 bridgehead atoms. The van der Waals surface area contributed by atoms with Crippen molar-refractivity contribution in [1.82, 2.24) is 9.97 Å². The lowest BCUT2D eigenvalue weighted by molar-refractivity contribution is -0.116. The summed E-state index contributed by atoms with van der Waals surface area (Å²) in [6.45, 7) is 3.52. The number of aromatic nitrogens is 2. The smallest absolute Gasteiger partial charge is 0.225 e. The van der Waals surface area contributed by atoms with Gasteiger partial charge < -0.3 is 5.32 Å². The number of nitrogens with zero attached hydrogens (tertiary/aromatic N) is 2. The highest BCUT2D eigenvalue weighted by molar-refractivity contribution is 6.32. The third-order valence-electron chi connectivity index (χ3n) is 1.49. The molecule has 0 radical (unpaired) electrons. The van der Waals surface area contributed by atoms with Crippen molar-refractivity contribution in [2.45, 2.75) is 12.8 Å². The van der Waals surface area contributed by atoms with Crippen LogP contribution < -0.4 is 5.32 Å². The molecule has 0 atom stereocenters. The Bertz CT molecular complexity index is 341. The van der Waals surface area contributed by atoms with Crippen LogP contribution in [0.1, 0.15) is 12.8 Å². The van der Waals surface area contributed by atoms with Gasteiger partial charge >= 0.3 is 0 Å². The Hall–Kier alpha value is -1.42. The fourth-order valence-electron chi connectivity index (χ4n) is 0.833. The highest BCUT2D eigenvalue weighted by atomic mass is 35.5. The van der Waals surface area contributed by atoms with Crippen molar-refractivity contribution in [1.29, 1.82) is 0 Å². The summed E-state index contributed by atoms with van der Waals surface area (Å²) in [6.07, 6.45) is 5.61. The van der Waals surface area contributed by atoms with E-state index in [-0.39, 0.29) is 11.1 Å². The molecule has 0 saturated heterocycles. The fraction of sp³-hybridized carbons (Fsp3) is 0.222. The topological polar surface area (TPSA) is 54.9 Å². The van der Waals surface area contributed by atoms with Crippen LogP contribution >= 0.6 is 11.6 Å². The lowest BCUT2D eigenvalue weighted by Gasteiger charge is -2.03. The zero-order valence-corrected chi connectivity index (χ0v) is 8.29. The molecular formula is C9H10ClN3O. The number of hydrogen-bond donors (Lipinski definition) is 1. The molecule has 74 valence electrons. The van der Waals surface area contributed by atoms with Gasteiger partial charge in [-0.05, 0) is 6.42 Å². The van der Waals surface area contributed by atoms with Crippen LogP contribution in [0.3, 0.4) is 0 Å². The Kier molecular flexibility index (Phi) is 4.07. The molecular weight excluding hydrogens is 202 g/mol. The number of amides is 1. The van der Waals surface area contributed by atoms with Gasteiger partial charge in [0.2, 0.25) is 5.91 Å². The third kappa shape index (κ3) is 3.14. The van der Waals surface area contributed by atoms with Crippen molar-refractivity contribution >= 4 is 23.3 Å². The van der Waals surface area contributed by atoms with E-state index >= 15 is 0 Å². The number of hydrogen-bond acceptors (Lipinski definition) is 3. The average molecular weight is 212 g/mol. The molecule has 1 aromatic heterocycles. The maximum atomic E-state index is 11.2. The number of halogens is 1. The Labute approximate surface area is 87.0 Å². The molecule has 0 saturated carbocycles. The highest BCUT2D eigenvalue weighted by Crippen LogP contribution is 2.14. The molecule has 0 aliphatic heterocycles. The van der Waals surface area contributed by atoms with Crippen LogP contribution in [0.4, 0.5) is 5.82 Å². The van der Waals surface area contributed by atoms with Crippen molar-refractivity contribution in [2.75, 3.05) is 5.32 Å². The van der Waals surface area contributed by atoms with E-state index < -0.39 is 0 Å². The Morgan fingerprint density at radius 1 is 1.57 bits per heavy atom. The molecule has 1 aromatic rings. The maximum absolute atomic E-state index is 11.2. The minimum atomic E-state index is -0.146. The van der Waals surface area contributed by atoms with Crippen molar-refractivity contribution in [3.8, 4) is 0 Å². The summed E-state index contributed by atoms with van der Waals surface area (Å²) in [4.78, 5) is 18.9. The quantitative estimate of drug-likeness (QED) is 0.776. The molecule has 1 rings (SSSR count). The zero-order chi connectivity index (χ0) is 10.4.